The second kappa shape index (κ2) is 5.69. The van der Waals surface area contributed by atoms with Gasteiger partial charge in [0.15, 0.2) is 0 Å². The zero-order chi connectivity index (χ0) is 13.0. The molecule has 1 amide bonds. The Bertz CT molecular complexity index is 414. The van der Waals surface area contributed by atoms with Gasteiger partial charge >= 0.3 is 0 Å². The molecule has 0 aliphatic carbocycles. The van der Waals surface area contributed by atoms with Crippen molar-refractivity contribution < 1.29 is 9.53 Å². The summed E-state index contributed by atoms with van der Waals surface area (Å²) >= 11 is 5.81. The van der Waals surface area contributed by atoms with E-state index >= 15 is 0 Å². The van der Waals surface area contributed by atoms with E-state index in [1.165, 1.54) is 0 Å². The van der Waals surface area contributed by atoms with E-state index in [0.717, 1.165) is 18.8 Å². The molecular weight excluding hydrogens is 252 g/mol. The fourth-order valence-corrected chi connectivity index (χ4v) is 2.26. The Labute approximate surface area is 112 Å². The van der Waals surface area contributed by atoms with Gasteiger partial charge in [0.2, 0.25) is 0 Å². The molecule has 1 saturated heterocycles. The van der Waals surface area contributed by atoms with Gasteiger partial charge in [-0.1, -0.05) is 11.6 Å². The summed E-state index contributed by atoms with van der Waals surface area (Å²) < 4.78 is 5.46. The third-order valence-electron chi connectivity index (χ3n) is 3.32. The molecule has 98 valence electrons. The van der Waals surface area contributed by atoms with Gasteiger partial charge in [-0.25, -0.2) is 0 Å². The van der Waals surface area contributed by atoms with Crippen molar-refractivity contribution in [3.8, 4) is 0 Å². The van der Waals surface area contributed by atoms with Crippen LogP contribution in [0.15, 0.2) is 24.3 Å². The van der Waals surface area contributed by atoms with Gasteiger partial charge in [0.1, 0.15) is 5.60 Å². The summed E-state index contributed by atoms with van der Waals surface area (Å²) in [4.78, 5) is 12.3. The van der Waals surface area contributed by atoms with Crippen LogP contribution >= 0.6 is 11.6 Å². The van der Waals surface area contributed by atoms with Gasteiger partial charge in [0, 0.05) is 17.8 Å². The molecule has 0 unspecified atom stereocenters. The highest BCUT2D eigenvalue weighted by Crippen LogP contribution is 2.24. The zero-order valence-electron chi connectivity index (χ0n) is 10.3. The lowest BCUT2D eigenvalue weighted by atomic mass is 9.91. The van der Waals surface area contributed by atoms with Crippen LogP contribution in [-0.4, -0.2) is 31.7 Å². The van der Waals surface area contributed by atoms with Gasteiger partial charge in [0.05, 0.1) is 0 Å². The fourth-order valence-electron chi connectivity index (χ4n) is 2.13. The minimum atomic E-state index is -0.717. The largest absolute Gasteiger partial charge is 0.368 e. The molecule has 1 aromatic rings. The molecule has 1 aliphatic heterocycles. The maximum atomic E-state index is 12.3. The van der Waals surface area contributed by atoms with E-state index in [4.69, 9.17) is 16.3 Å². The van der Waals surface area contributed by atoms with E-state index in [9.17, 15) is 4.79 Å². The van der Waals surface area contributed by atoms with Gasteiger partial charge < -0.3 is 15.4 Å². The summed E-state index contributed by atoms with van der Waals surface area (Å²) in [6.07, 6.45) is 1.37. The van der Waals surface area contributed by atoms with Crippen LogP contribution in [0.3, 0.4) is 0 Å². The summed E-state index contributed by atoms with van der Waals surface area (Å²) in [5, 5.41) is 6.75. The Balaban J connectivity index is 2.07. The third-order valence-corrected chi connectivity index (χ3v) is 3.57. The molecular formula is C13H17ClN2O2. The number of anilines is 1. The summed E-state index contributed by atoms with van der Waals surface area (Å²) in [7, 11) is 1.59. The Morgan fingerprint density at radius 3 is 2.50 bits per heavy atom. The van der Waals surface area contributed by atoms with Crippen LogP contribution < -0.4 is 10.6 Å². The Morgan fingerprint density at radius 1 is 1.33 bits per heavy atom. The Kier molecular flexibility index (Phi) is 4.22. The maximum Gasteiger partial charge on any atom is 0.256 e. The lowest BCUT2D eigenvalue weighted by Gasteiger charge is -2.34. The number of ether oxygens (including phenoxy) is 1. The quantitative estimate of drug-likeness (QED) is 0.882. The molecule has 1 fully saturated rings. The first-order chi connectivity index (χ1) is 8.66. The highest BCUT2D eigenvalue weighted by atomic mass is 35.5. The first-order valence-electron chi connectivity index (χ1n) is 5.99. The van der Waals surface area contributed by atoms with E-state index in [-0.39, 0.29) is 5.91 Å². The molecule has 2 rings (SSSR count). The van der Waals surface area contributed by atoms with Crippen LogP contribution in [-0.2, 0) is 9.53 Å². The average molecular weight is 269 g/mol. The molecule has 0 atom stereocenters. The number of hydrogen-bond donors (Lipinski definition) is 2. The van der Waals surface area contributed by atoms with Crippen molar-refractivity contribution in [1.82, 2.24) is 5.32 Å². The molecule has 4 nitrogen and oxygen atoms in total. The Hall–Kier alpha value is -1.10. The molecule has 1 heterocycles. The van der Waals surface area contributed by atoms with E-state index in [1.807, 2.05) is 0 Å². The van der Waals surface area contributed by atoms with E-state index in [2.05, 4.69) is 10.6 Å². The fraction of sp³-hybridized carbons (Fsp3) is 0.462. The van der Waals surface area contributed by atoms with Crippen molar-refractivity contribution in [3.05, 3.63) is 29.3 Å². The third kappa shape index (κ3) is 2.83. The zero-order valence-corrected chi connectivity index (χ0v) is 11.1. The SMILES string of the molecule is COC1(C(=O)Nc2ccc(Cl)cc2)CCNCC1. The lowest BCUT2D eigenvalue weighted by molar-refractivity contribution is -0.140. The molecule has 2 N–H and O–H groups in total. The standard InChI is InChI=1S/C13H17ClN2O2/c1-18-13(6-8-15-9-7-13)12(17)16-11-4-2-10(14)3-5-11/h2-5,15H,6-9H2,1H3,(H,16,17). The first-order valence-corrected chi connectivity index (χ1v) is 6.37. The number of piperidine rings is 1. The average Bonchev–Trinajstić information content (AvgIpc) is 2.42. The number of hydrogen-bond acceptors (Lipinski definition) is 3. The minimum absolute atomic E-state index is 0.0891. The molecule has 0 saturated carbocycles. The molecule has 1 aromatic carbocycles. The number of amides is 1. The molecule has 0 aromatic heterocycles. The van der Waals surface area contributed by atoms with Crippen LogP contribution in [0.2, 0.25) is 5.02 Å². The molecule has 1 aliphatic rings. The number of benzene rings is 1. The van der Waals surface area contributed by atoms with Crippen LogP contribution in [0.4, 0.5) is 5.69 Å². The maximum absolute atomic E-state index is 12.3. The van der Waals surface area contributed by atoms with Crippen LogP contribution in [0.5, 0.6) is 0 Å². The van der Waals surface area contributed by atoms with Crippen LogP contribution in [0, 0.1) is 0 Å². The normalized spacial score (nSPS) is 18.3. The molecule has 0 radical (unpaired) electrons. The monoisotopic (exact) mass is 268 g/mol. The summed E-state index contributed by atoms with van der Waals surface area (Å²) in [6.45, 7) is 1.59. The highest BCUT2D eigenvalue weighted by Gasteiger charge is 2.39. The number of halogens is 1. The second-order valence-electron chi connectivity index (χ2n) is 4.41. The number of carbonyl (C=O) groups is 1. The van der Waals surface area contributed by atoms with E-state index in [0.29, 0.717) is 17.9 Å². The topological polar surface area (TPSA) is 50.4 Å². The second-order valence-corrected chi connectivity index (χ2v) is 4.85. The van der Waals surface area contributed by atoms with Gasteiger partial charge in [-0.05, 0) is 50.2 Å². The summed E-state index contributed by atoms with van der Waals surface area (Å²) in [5.41, 5.74) is 0.0181. The van der Waals surface area contributed by atoms with Crippen molar-refractivity contribution in [2.75, 3.05) is 25.5 Å². The predicted octanol–water partition coefficient (Wildman–Crippen LogP) is 2.05. The smallest absolute Gasteiger partial charge is 0.256 e. The summed E-state index contributed by atoms with van der Waals surface area (Å²) in [5.74, 6) is -0.0891. The Morgan fingerprint density at radius 2 is 1.94 bits per heavy atom. The first kappa shape index (κ1) is 13.3. The van der Waals surface area contributed by atoms with Gasteiger partial charge in [-0.2, -0.15) is 0 Å². The van der Waals surface area contributed by atoms with Crippen molar-refractivity contribution >= 4 is 23.2 Å². The van der Waals surface area contributed by atoms with Crippen molar-refractivity contribution in [3.63, 3.8) is 0 Å². The highest BCUT2D eigenvalue weighted by molar-refractivity contribution is 6.30. The summed E-state index contributed by atoms with van der Waals surface area (Å²) in [6, 6.07) is 7.06. The van der Waals surface area contributed by atoms with Crippen LogP contribution in [0.25, 0.3) is 0 Å². The van der Waals surface area contributed by atoms with E-state index in [1.54, 1.807) is 31.4 Å². The van der Waals surface area contributed by atoms with Crippen molar-refractivity contribution in [2.45, 2.75) is 18.4 Å². The van der Waals surface area contributed by atoms with Crippen LogP contribution in [0.1, 0.15) is 12.8 Å². The van der Waals surface area contributed by atoms with Crippen molar-refractivity contribution in [1.29, 1.82) is 0 Å². The lowest BCUT2D eigenvalue weighted by Crippen LogP contribution is -2.51. The molecule has 0 spiro atoms. The molecule has 0 bridgehead atoms. The number of carbonyl (C=O) groups excluding carboxylic acids is 1. The van der Waals surface area contributed by atoms with Gasteiger partial charge in [-0.15, -0.1) is 0 Å². The number of nitrogens with one attached hydrogen (secondary N) is 2. The van der Waals surface area contributed by atoms with Crippen molar-refractivity contribution in [2.24, 2.45) is 0 Å². The molecule has 5 heteroatoms. The van der Waals surface area contributed by atoms with Gasteiger partial charge in [0.25, 0.3) is 5.91 Å². The number of rotatable bonds is 3. The number of methoxy groups -OCH3 is 1. The van der Waals surface area contributed by atoms with E-state index < -0.39 is 5.60 Å². The predicted molar refractivity (Wildman–Crippen MR) is 71.9 cm³/mol. The molecule has 18 heavy (non-hydrogen) atoms. The van der Waals surface area contributed by atoms with Gasteiger partial charge in [-0.3, -0.25) is 4.79 Å². The minimum Gasteiger partial charge on any atom is -0.368 e.